The van der Waals surface area contributed by atoms with Gasteiger partial charge in [0.2, 0.25) is 10.0 Å². The third kappa shape index (κ3) is 3.91. The highest BCUT2D eigenvalue weighted by Gasteiger charge is 2.29. The van der Waals surface area contributed by atoms with Crippen LogP contribution in [0.25, 0.3) is 10.9 Å². The molecule has 0 unspecified atom stereocenters. The van der Waals surface area contributed by atoms with Crippen LogP contribution in [0.4, 0.5) is 0 Å². The van der Waals surface area contributed by atoms with Gasteiger partial charge in [-0.1, -0.05) is 16.7 Å². The van der Waals surface area contributed by atoms with Crippen molar-refractivity contribution in [3.63, 3.8) is 0 Å². The van der Waals surface area contributed by atoms with Crippen LogP contribution in [0.2, 0.25) is 5.15 Å². The predicted molar refractivity (Wildman–Crippen MR) is 116 cm³/mol. The molecular formula is C19H22ClN7O3S. The molecule has 0 bridgehead atoms. The molecule has 3 heterocycles. The van der Waals surface area contributed by atoms with E-state index in [2.05, 4.69) is 25.0 Å². The van der Waals surface area contributed by atoms with Gasteiger partial charge in [-0.3, -0.25) is 9.25 Å². The standard InChI is InChI=1S/C19H22ClN7O3S/c1-5-27-18(12(3)25-31(28,29)16-11(2)24-26(4)17(16)20)22-23-19(27)30-14-7-6-13-8-9-21-15(13)10-14/h6-10,12,21,25H,5H2,1-4H3/t12-/m1/s1. The summed E-state index contributed by atoms with van der Waals surface area (Å²) in [6, 6.07) is 7.19. The largest absolute Gasteiger partial charge is 0.424 e. The molecule has 4 aromatic rings. The maximum absolute atomic E-state index is 12.9. The fraction of sp³-hybridized carbons (Fsp3) is 0.316. The molecule has 164 valence electrons. The number of fused-ring (bicyclic) bond motifs is 1. The van der Waals surface area contributed by atoms with Crippen LogP contribution >= 0.6 is 11.6 Å². The van der Waals surface area contributed by atoms with Crippen LogP contribution in [0.5, 0.6) is 11.8 Å². The summed E-state index contributed by atoms with van der Waals surface area (Å²) in [7, 11) is -2.35. The van der Waals surface area contributed by atoms with Gasteiger partial charge in [-0.15, -0.1) is 5.10 Å². The van der Waals surface area contributed by atoms with Gasteiger partial charge in [-0.2, -0.15) is 5.10 Å². The first-order valence-electron chi connectivity index (χ1n) is 9.60. The molecular weight excluding hydrogens is 442 g/mol. The molecule has 0 spiro atoms. The van der Waals surface area contributed by atoms with E-state index in [1.54, 1.807) is 25.5 Å². The monoisotopic (exact) mass is 463 g/mol. The first-order valence-corrected chi connectivity index (χ1v) is 11.5. The highest BCUT2D eigenvalue weighted by molar-refractivity contribution is 7.89. The van der Waals surface area contributed by atoms with Crippen LogP contribution in [-0.2, 0) is 23.6 Å². The van der Waals surface area contributed by atoms with Gasteiger partial charge < -0.3 is 9.72 Å². The average Bonchev–Trinajstić information content (AvgIpc) is 3.39. The summed E-state index contributed by atoms with van der Waals surface area (Å²) >= 11 is 6.14. The number of nitrogens with zero attached hydrogens (tertiary/aromatic N) is 5. The third-order valence-corrected chi connectivity index (χ3v) is 7.12. The van der Waals surface area contributed by atoms with Crippen molar-refractivity contribution in [2.75, 3.05) is 0 Å². The summed E-state index contributed by atoms with van der Waals surface area (Å²) in [6.45, 7) is 5.66. The minimum absolute atomic E-state index is 0.0397. The Morgan fingerprint density at radius 1 is 1.29 bits per heavy atom. The lowest BCUT2D eigenvalue weighted by Gasteiger charge is -2.15. The number of sulfonamides is 1. The molecule has 0 aliphatic rings. The average molecular weight is 464 g/mol. The van der Waals surface area contributed by atoms with E-state index in [0.717, 1.165) is 10.9 Å². The van der Waals surface area contributed by atoms with E-state index < -0.39 is 16.1 Å². The predicted octanol–water partition coefficient (Wildman–Crippen LogP) is 3.31. The van der Waals surface area contributed by atoms with Gasteiger partial charge in [0.15, 0.2) is 5.82 Å². The molecule has 0 aliphatic carbocycles. The number of hydrogen-bond acceptors (Lipinski definition) is 6. The zero-order valence-corrected chi connectivity index (χ0v) is 19.0. The van der Waals surface area contributed by atoms with E-state index in [9.17, 15) is 8.42 Å². The van der Waals surface area contributed by atoms with Crippen molar-refractivity contribution in [1.82, 2.24) is 34.3 Å². The Kier molecular flexibility index (Phi) is 5.50. The first-order chi connectivity index (χ1) is 14.7. The molecule has 4 rings (SSSR count). The van der Waals surface area contributed by atoms with Crippen LogP contribution < -0.4 is 9.46 Å². The topological polar surface area (TPSA) is 120 Å². The smallest absolute Gasteiger partial charge is 0.322 e. The van der Waals surface area contributed by atoms with Gasteiger partial charge in [0, 0.05) is 31.4 Å². The van der Waals surface area contributed by atoms with Crippen LogP contribution in [0.1, 0.15) is 31.4 Å². The normalized spacial score (nSPS) is 13.1. The summed E-state index contributed by atoms with van der Waals surface area (Å²) in [5.41, 5.74) is 1.25. The summed E-state index contributed by atoms with van der Waals surface area (Å²) in [5, 5.41) is 13.5. The third-order valence-electron chi connectivity index (χ3n) is 4.89. The second-order valence-corrected chi connectivity index (χ2v) is 9.09. The van der Waals surface area contributed by atoms with Gasteiger partial charge >= 0.3 is 6.01 Å². The van der Waals surface area contributed by atoms with Gasteiger partial charge in [-0.25, -0.2) is 13.1 Å². The number of aryl methyl sites for hydroxylation is 2. The maximum Gasteiger partial charge on any atom is 0.322 e. The summed E-state index contributed by atoms with van der Waals surface area (Å²) in [6.07, 6.45) is 1.85. The van der Waals surface area contributed by atoms with Crippen LogP contribution in [0.15, 0.2) is 35.4 Å². The zero-order chi connectivity index (χ0) is 22.3. The lowest BCUT2D eigenvalue weighted by molar-refractivity contribution is 0.408. The lowest BCUT2D eigenvalue weighted by atomic mass is 10.2. The first kappa shape index (κ1) is 21.3. The highest BCUT2D eigenvalue weighted by Crippen LogP contribution is 2.28. The van der Waals surface area contributed by atoms with E-state index in [0.29, 0.717) is 23.8 Å². The second kappa shape index (κ2) is 7.98. The Hall–Kier alpha value is -2.89. The van der Waals surface area contributed by atoms with Crippen molar-refractivity contribution in [2.45, 2.75) is 38.3 Å². The number of halogens is 1. The molecule has 10 nitrogen and oxygen atoms in total. The molecule has 0 radical (unpaired) electrons. The quantitative estimate of drug-likeness (QED) is 0.434. The van der Waals surface area contributed by atoms with E-state index in [1.807, 2.05) is 37.4 Å². The molecule has 1 atom stereocenters. The van der Waals surface area contributed by atoms with Crippen molar-refractivity contribution in [1.29, 1.82) is 0 Å². The summed E-state index contributed by atoms with van der Waals surface area (Å²) in [5.74, 6) is 1.01. The molecule has 1 aromatic carbocycles. The number of benzene rings is 1. The van der Waals surface area contributed by atoms with Crippen LogP contribution in [0, 0.1) is 6.92 Å². The zero-order valence-electron chi connectivity index (χ0n) is 17.4. The summed E-state index contributed by atoms with van der Waals surface area (Å²) < 4.78 is 37.4. The highest BCUT2D eigenvalue weighted by atomic mass is 35.5. The number of aromatic nitrogens is 6. The molecule has 0 fully saturated rings. The maximum atomic E-state index is 12.9. The Labute approximate surface area is 184 Å². The van der Waals surface area contributed by atoms with E-state index in [1.165, 1.54) is 4.68 Å². The number of hydrogen-bond donors (Lipinski definition) is 2. The minimum Gasteiger partial charge on any atom is -0.424 e. The SMILES string of the molecule is CCn1c(Oc2ccc3cc[nH]c3c2)nnc1[C@@H](C)NS(=O)(=O)c1c(C)nn(C)c1Cl. The Morgan fingerprint density at radius 3 is 2.74 bits per heavy atom. The Morgan fingerprint density at radius 2 is 2.06 bits per heavy atom. The molecule has 0 saturated carbocycles. The number of nitrogens with one attached hydrogen (secondary N) is 2. The van der Waals surface area contributed by atoms with Crippen molar-refractivity contribution in [3.05, 3.63) is 47.1 Å². The van der Waals surface area contributed by atoms with Crippen LogP contribution in [0.3, 0.4) is 0 Å². The van der Waals surface area contributed by atoms with Gasteiger partial charge in [0.25, 0.3) is 0 Å². The molecule has 0 aliphatic heterocycles. The van der Waals surface area contributed by atoms with E-state index >= 15 is 0 Å². The second-order valence-electron chi connectivity index (χ2n) is 7.09. The van der Waals surface area contributed by atoms with Gasteiger partial charge in [0.05, 0.1) is 11.7 Å². The fourth-order valence-electron chi connectivity index (χ4n) is 3.45. The van der Waals surface area contributed by atoms with Gasteiger partial charge in [-0.05, 0) is 44.4 Å². The lowest BCUT2D eigenvalue weighted by Crippen LogP contribution is -2.29. The van der Waals surface area contributed by atoms with Gasteiger partial charge in [0.1, 0.15) is 15.8 Å². The van der Waals surface area contributed by atoms with E-state index in [4.69, 9.17) is 16.3 Å². The molecule has 12 heteroatoms. The van der Waals surface area contributed by atoms with E-state index in [-0.39, 0.29) is 16.1 Å². The van der Waals surface area contributed by atoms with Crippen molar-refractivity contribution >= 4 is 32.5 Å². The molecule has 0 amide bonds. The van der Waals surface area contributed by atoms with Crippen molar-refractivity contribution < 1.29 is 13.2 Å². The summed E-state index contributed by atoms with van der Waals surface area (Å²) in [4.78, 5) is 3.08. The molecule has 31 heavy (non-hydrogen) atoms. The van der Waals surface area contributed by atoms with Crippen molar-refractivity contribution in [3.8, 4) is 11.8 Å². The number of rotatable bonds is 7. The van der Waals surface area contributed by atoms with Crippen LogP contribution in [-0.4, -0.2) is 37.9 Å². The number of aromatic amines is 1. The number of H-pyrrole nitrogens is 1. The molecule has 2 N–H and O–H groups in total. The minimum atomic E-state index is -3.93. The Balaban J connectivity index is 1.60. The molecule has 0 saturated heterocycles. The van der Waals surface area contributed by atoms with Crippen molar-refractivity contribution in [2.24, 2.45) is 7.05 Å². The number of ether oxygens (including phenoxy) is 1. The Bertz CT molecular complexity index is 1360. The molecule has 3 aromatic heterocycles. The fourth-order valence-corrected chi connectivity index (χ4v) is 5.40.